The molecule has 0 bridgehead atoms. The third-order valence-electron chi connectivity index (χ3n) is 3.42. The first-order valence-corrected chi connectivity index (χ1v) is 7.17. The molecule has 3 heteroatoms. The van der Waals surface area contributed by atoms with Gasteiger partial charge in [-0.15, -0.1) is 0 Å². The molecule has 1 aromatic heterocycles. The van der Waals surface area contributed by atoms with E-state index in [1.807, 2.05) is 18.2 Å². The smallest absolute Gasteiger partial charge is 0.149 e. The lowest BCUT2D eigenvalue weighted by Gasteiger charge is -2.10. The number of ketones is 1. The van der Waals surface area contributed by atoms with Crippen molar-refractivity contribution in [3.8, 4) is 0 Å². The standard InChI is InChI=1S/C15H14BrNO/c16-13(15(18)10-6-7-10)9-11-3-1-5-14-12(11)4-2-8-17-14/h1-5,8,10,13H,6-7,9H2. The number of halogens is 1. The second kappa shape index (κ2) is 4.81. The summed E-state index contributed by atoms with van der Waals surface area (Å²) in [5.74, 6) is 0.665. The molecule has 2 nitrogen and oxygen atoms in total. The van der Waals surface area contributed by atoms with Gasteiger partial charge in [-0.25, -0.2) is 0 Å². The number of pyridine rings is 1. The van der Waals surface area contributed by atoms with Gasteiger partial charge in [0, 0.05) is 17.5 Å². The monoisotopic (exact) mass is 303 g/mol. The Bertz CT molecular complexity index is 587. The van der Waals surface area contributed by atoms with E-state index in [9.17, 15) is 4.79 Å². The van der Waals surface area contributed by atoms with E-state index in [1.54, 1.807) is 6.20 Å². The zero-order valence-corrected chi connectivity index (χ0v) is 11.6. The minimum Gasteiger partial charge on any atom is -0.298 e. The Labute approximate surface area is 115 Å². The van der Waals surface area contributed by atoms with Crippen molar-refractivity contribution in [3.05, 3.63) is 42.1 Å². The number of fused-ring (bicyclic) bond motifs is 1. The number of nitrogens with zero attached hydrogens (tertiary/aromatic N) is 1. The zero-order valence-electron chi connectivity index (χ0n) is 9.97. The van der Waals surface area contributed by atoms with Crippen LogP contribution in [-0.4, -0.2) is 15.6 Å². The first-order chi connectivity index (χ1) is 8.75. The Kier molecular flexibility index (Phi) is 3.16. The Morgan fingerprint density at radius 3 is 2.94 bits per heavy atom. The average molecular weight is 304 g/mol. The van der Waals surface area contributed by atoms with Gasteiger partial charge in [0.25, 0.3) is 0 Å². The number of carbonyl (C=O) groups is 1. The largest absolute Gasteiger partial charge is 0.298 e. The predicted molar refractivity (Wildman–Crippen MR) is 75.9 cm³/mol. The molecule has 1 unspecified atom stereocenters. The Morgan fingerprint density at radius 2 is 2.17 bits per heavy atom. The lowest BCUT2D eigenvalue weighted by atomic mass is 10.0. The van der Waals surface area contributed by atoms with Gasteiger partial charge >= 0.3 is 0 Å². The highest BCUT2D eigenvalue weighted by atomic mass is 79.9. The molecule has 0 saturated heterocycles. The van der Waals surface area contributed by atoms with E-state index in [2.05, 4.69) is 33.0 Å². The number of hydrogen-bond donors (Lipinski definition) is 0. The molecule has 1 aliphatic rings. The van der Waals surface area contributed by atoms with Crippen molar-refractivity contribution in [2.45, 2.75) is 24.1 Å². The maximum atomic E-state index is 12.0. The van der Waals surface area contributed by atoms with E-state index in [0.29, 0.717) is 11.7 Å². The summed E-state index contributed by atoms with van der Waals surface area (Å²) in [6.45, 7) is 0. The van der Waals surface area contributed by atoms with E-state index in [1.165, 1.54) is 5.56 Å². The molecule has 0 spiro atoms. The second-order valence-corrected chi connectivity index (χ2v) is 5.94. The number of alkyl halides is 1. The van der Waals surface area contributed by atoms with Crippen LogP contribution in [0.15, 0.2) is 36.5 Å². The van der Waals surface area contributed by atoms with Gasteiger partial charge in [-0.2, -0.15) is 0 Å². The van der Waals surface area contributed by atoms with Gasteiger partial charge in [-0.05, 0) is 37.0 Å². The second-order valence-electron chi connectivity index (χ2n) is 4.84. The summed E-state index contributed by atoms with van der Waals surface area (Å²) in [7, 11) is 0. The topological polar surface area (TPSA) is 30.0 Å². The highest BCUT2D eigenvalue weighted by Crippen LogP contribution is 2.33. The molecule has 18 heavy (non-hydrogen) atoms. The molecule has 0 aliphatic heterocycles. The van der Waals surface area contributed by atoms with E-state index in [4.69, 9.17) is 0 Å². The van der Waals surface area contributed by atoms with Crippen molar-refractivity contribution in [1.82, 2.24) is 4.98 Å². The summed E-state index contributed by atoms with van der Waals surface area (Å²) < 4.78 is 0. The minimum absolute atomic E-state index is 0.0594. The van der Waals surface area contributed by atoms with Crippen molar-refractivity contribution in [2.24, 2.45) is 5.92 Å². The molecule has 3 rings (SSSR count). The normalized spacial score (nSPS) is 16.7. The summed E-state index contributed by atoms with van der Waals surface area (Å²) >= 11 is 3.54. The number of aromatic nitrogens is 1. The first kappa shape index (κ1) is 11.8. The highest BCUT2D eigenvalue weighted by Gasteiger charge is 2.33. The lowest BCUT2D eigenvalue weighted by Crippen LogP contribution is -2.18. The van der Waals surface area contributed by atoms with E-state index in [-0.39, 0.29) is 4.83 Å². The Morgan fingerprint density at radius 1 is 1.33 bits per heavy atom. The third-order valence-corrected chi connectivity index (χ3v) is 4.20. The van der Waals surface area contributed by atoms with Crippen molar-refractivity contribution in [2.75, 3.05) is 0 Å². The molecule has 1 atom stereocenters. The molecule has 0 N–H and O–H groups in total. The maximum Gasteiger partial charge on any atom is 0.149 e. The number of rotatable bonds is 4. The Hall–Kier alpha value is -1.22. The number of hydrogen-bond acceptors (Lipinski definition) is 2. The van der Waals surface area contributed by atoms with Crippen molar-refractivity contribution < 1.29 is 4.79 Å². The van der Waals surface area contributed by atoms with Crippen LogP contribution in [0, 0.1) is 5.92 Å². The lowest BCUT2D eigenvalue weighted by molar-refractivity contribution is -0.119. The third kappa shape index (κ3) is 2.32. The fourth-order valence-corrected chi connectivity index (χ4v) is 2.98. The van der Waals surface area contributed by atoms with E-state index >= 15 is 0 Å². The van der Waals surface area contributed by atoms with Crippen LogP contribution in [0.5, 0.6) is 0 Å². The molecule has 1 heterocycles. The number of Topliss-reactive ketones (excluding diaryl/α,β-unsaturated/α-hetero) is 1. The first-order valence-electron chi connectivity index (χ1n) is 6.26. The van der Waals surface area contributed by atoms with Crippen molar-refractivity contribution >= 4 is 32.6 Å². The van der Waals surface area contributed by atoms with E-state index < -0.39 is 0 Å². The fraction of sp³-hybridized carbons (Fsp3) is 0.333. The summed E-state index contributed by atoms with van der Waals surface area (Å²) in [5.41, 5.74) is 2.19. The van der Waals surface area contributed by atoms with Gasteiger partial charge in [-0.1, -0.05) is 34.1 Å². The number of benzene rings is 1. The average Bonchev–Trinajstić information content (AvgIpc) is 3.22. The molecule has 0 amide bonds. The molecule has 1 aliphatic carbocycles. The van der Waals surface area contributed by atoms with Gasteiger partial charge in [0.15, 0.2) is 0 Å². The maximum absolute atomic E-state index is 12.0. The van der Waals surface area contributed by atoms with Crippen molar-refractivity contribution in [1.29, 1.82) is 0 Å². The fourth-order valence-electron chi connectivity index (χ4n) is 2.26. The molecule has 92 valence electrons. The minimum atomic E-state index is -0.0594. The van der Waals surface area contributed by atoms with Crippen LogP contribution in [0.25, 0.3) is 10.9 Å². The molecule has 0 radical (unpaired) electrons. The van der Waals surface area contributed by atoms with Crippen LogP contribution in [0.2, 0.25) is 0 Å². The number of carbonyl (C=O) groups excluding carboxylic acids is 1. The van der Waals surface area contributed by atoms with Gasteiger partial charge in [0.2, 0.25) is 0 Å². The molecule has 1 aromatic carbocycles. The van der Waals surface area contributed by atoms with Gasteiger partial charge in [0.1, 0.15) is 5.78 Å². The van der Waals surface area contributed by atoms with Crippen LogP contribution in [0.1, 0.15) is 18.4 Å². The molecule has 1 saturated carbocycles. The van der Waals surface area contributed by atoms with Crippen LogP contribution < -0.4 is 0 Å². The molecular weight excluding hydrogens is 290 g/mol. The SMILES string of the molecule is O=C(C(Br)Cc1cccc2ncccc12)C1CC1. The zero-order chi connectivity index (χ0) is 12.5. The molecule has 2 aromatic rings. The summed E-state index contributed by atoms with van der Waals surface area (Å²) in [4.78, 5) is 16.3. The van der Waals surface area contributed by atoms with Crippen LogP contribution in [0.3, 0.4) is 0 Å². The van der Waals surface area contributed by atoms with Gasteiger partial charge in [-0.3, -0.25) is 9.78 Å². The Balaban J connectivity index is 1.87. The molecular formula is C15H14BrNO. The van der Waals surface area contributed by atoms with Crippen molar-refractivity contribution in [3.63, 3.8) is 0 Å². The quantitative estimate of drug-likeness (QED) is 0.809. The summed E-state index contributed by atoms with van der Waals surface area (Å²) in [5, 5.41) is 1.15. The summed E-state index contributed by atoms with van der Waals surface area (Å²) in [6.07, 6.45) is 4.68. The van der Waals surface area contributed by atoms with Crippen LogP contribution >= 0.6 is 15.9 Å². The van der Waals surface area contributed by atoms with Crippen LogP contribution in [-0.2, 0) is 11.2 Å². The van der Waals surface area contributed by atoms with Crippen LogP contribution in [0.4, 0.5) is 0 Å². The predicted octanol–water partition coefficient (Wildman–Crippen LogP) is 3.52. The molecule has 1 fully saturated rings. The van der Waals surface area contributed by atoms with Gasteiger partial charge in [0.05, 0.1) is 10.3 Å². The summed E-state index contributed by atoms with van der Waals surface area (Å²) in [6, 6.07) is 10.1. The van der Waals surface area contributed by atoms with Gasteiger partial charge < -0.3 is 0 Å². The van der Waals surface area contributed by atoms with E-state index in [0.717, 1.165) is 30.2 Å². The highest BCUT2D eigenvalue weighted by molar-refractivity contribution is 9.10.